The Kier molecular flexibility index (Phi) is 2.89. The van der Waals surface area contributed by atoms with Crippen molar-refractivity contribution in [3.8, 4) is 0 Å². The fourth-order valence-corrected chi connectivity index (χ4v) is 4.16. The Balaban J connectivity index is 2.41. The first-order chi connectivity index (χ1) is 8.33. The fraction of sp³-hybridized carbons (Fsp3) is 0.824. The summed E-state index contributed by atoms with van der Waals surface area (Å²) in [6.07, 6.45) is 3.10. The maximum absolute atomic E-state index is 12.2. The van der Waals surface area contributed by atoms with E-state index < -0.39 is 0 Å². The lowest BCUT2D eigenvalue weighted by molar-refractivity contribution is -0.322. The van der Waals surface area contributed by atoms with E-state index in [9.17, 15) is 4.79 Å². The van der Waals surface area contributed by atoms with Gasteiger partial charge in [0.05, 0.1) is 11.7 Å². The largest absolute Gasteiger partial charge is 0.366 e. The average Bonchev–Trinajstić information content (AvgIpc) is 2.20. The van der Waals surface area contributed by atoms with Crippen LogP contribution >= 0.6 is 0 Å². The number of allylic oxidation sites excluding steroid dienone is 1. The van der Waals surface area contributed by atoms with Crippen molar-refractivity contribution in [2.75, 3.05) is 0 Å². The van der Waals surface area contributed by atoms with Gasteiger partial charge >= 0.3 is 0 Å². The number of ketones is 1. The molecule has 19 heavy (non-hydrogen) atoms. The van der Waals surface area contributed by atoms with Crippen LogP contribution in [0.3, 0.4) is 0 Å². The van der Waals surface area contributed by atoms with E-state index in [4.69, 9.17) is 4.74 Å². The number of hydrogen-bond donors (Lipinski definition) is 0. The summed E-state index contributed by atoms with van der Waals surface area (Å²) in [7, 11) is 0. The van der Waals surface area contributed by atoms with E-state index in [0.29, 0.717) is 0 Å². The molecule has 0 unspecified atom stereocenters. The number of carbonyl (C=O) groups is 1. The highest BCUT2D eigenvalue weighted by atomic mass is 16.5. The van der Waals surface area contributed by atoms with Crippen molar-refractivity contribution in [1.82, 2.24) is 0 Å². The Bertz CT molecular complexity index is 448. The van der Waals surface area contributed by atoms with Crippen LogP contribution in [0.5, 0.6) is 0 Å². The van der Waals surface area contributed by atoms with Crippen LogP contribution in [0.25, 0.3) is 0 Å². The second-order valence-corrected chi connectivity index (χ2v) is 8.69. The zero-order chi connectivity index (χ0) is 14.9. The molecule has 0 N–H and O–H groups in total. The lowest BCUT2D eigenvalue weighted by Crippen LogP contribution is -2.71. The van der Waals surface area contributed by atoms with Crippen LogP contribution in [0.1, 0.15) is 61.8 Å². The topological polar surface area (TPSA) is 26.3 Å². The Labute approximate surface area is 117 Å². The molecule has 2 nitrogen and oxygen atoms in total. The molecule has 1 heterocycles. The van der Waals surface area contributed by atoms with E-state index in [2.05, 4.69) is 40.7 Å². The quantitative estimate of drug-likeness (QED) is 0.657. The van der Waals surface area contributed by atoms with Gasteiger partial charge in [0.25, 0.3) is 0 Å². The van der Waals surface area contributed by atoms with E-state index in [0.717, 1.165) is 12.0 Å². The molecule has 1 aliphatic heterocycles. The molecule has 0 amide bonds. The summed E-state index contributed by atoms with van der Waals surface area (Å²) in [5.41, 5.74) is 0.453. The highest BCUT2D eigenvalue weighted by Gasteiger charge is 2.66. The van der Waals surface area contributed by atoms with Crippen molar-refractivity contribution in [2.24, 2.45) is 16.2 Å². The minimum atomic E-state index is -0.320. The predicted octanol–water partition coefficient (Wildman–Crippen LogP) is 4.14. The van der Waals surface area contributed by atoms with Gasteiger partial charge in [0.2, 0.25) is 0 Å². The van der Waals surface area contributed by atoms with Crippen molar-refractivity contribution in [2.45, 2.75) is 73.5 Å². The molecule has 1 spiro atoms. The third-order valence-electron chi connectivity index (χ3n) is 4.99. The van der Waals surface area contributed by atoms with Crippen molar-refractivity contribution in [1.29, 1.82) is 0 Å². The summed E-state index contributed by atoms with van der Waals surface area (Å²) in [6.45, 7) is 17.2. The third kappa shape index (κ3) is 1.91. The van der Waals surface area contributed by atoms with E-state index >= 15 is 0 Å². The van der Waals surface area contributed by atoms with Gasteiger partial charge < -0.3 is 4.74 Å². The van der Waals surface area contributed by atoms with Gasteiger partial charge in [-0.3, -0.25) is 4.79 Å². The fourth-order valence-electron chi connectivity index (χ4n) is 4.16. The molecule has 1 fully saturated rings. The lowest BCUT2D eigenvalue weighted by Gasteiger charge is -2.66. The second-order valence-electron chi connectivity index (χ2n) is 8.69. The molecular weight excluding hydrogens is 236 g/mol. The molecule has 2 aliphatic rings. The smallest absolute Gasteiger partial charge is 0.164 e. The zero-order valence-electron chi connectivity index (χ0n) is 13.7. The molecule has 2 atom stereocenters. The maximum atomic E-state index is 12.2. The normalized spacial score (nSPS) is 36.9. The van der Waals surface area contributed by atoms with E-state index in [-0.39, 0.29) is 33.7 Å². The van der Waals surface area contributed by atoms with Gasteiger partial charge in [-0.15, -0.1) is 0 Å². The maximum Gasteiger partial charge on any atom is 0.164 e. The molecule has 0 aromatic carbocycles. The van der Waals surface area contributed by atoms with Crippen LogP contribution < -0.4 is 0 Å². The van der Waals surface area contributed by atoms with Gasteiger partial charge in [-0.1, -0.05) is 48.5 Å². The minimum absolute atomic E-state index is 0.0600. The molecule has 108 valence electrons. The molecule has 1 saturated heterocycles. The van der Waals surface area contributed by atoms with Crippen molar-refractivity contribution >= 4 is 5.78 Å². The Morgan fingerprint density at radius 2 is 1.74 bits per heavy atom. The SMILES string of the molecule is CC1=C[C@@]2(CC(C)(C)C1=O)O[C@@H](C(C)(C)C)C2(C)C. The first-order valence-electron chi connectivity index (χ1n) is 7.26. The summed E-state index contributed by atoms with van der Waals surface area (Å²) in [6, 6.07) is 0. The van der Waals surface area contributed by atoms with Gasteiger partial charge in [0, 0.05) is 10.8 Å². The zero-order valence-corrected chi connectivity index (χ0v) is 13.7. The van der Waals surface area contributed by atoms with Gasteiger partial charge in [-0.25, -0.2) is 0 Å². The van der Waals surface area contributed by atoms with Crippen molar-refractivity contribution in [3.05, 3.63) is 11.6 Å². The highest BCUT2D eigenvalue weighted by molar-refractivity contribution is 6.00. The number of ether oxygens (including phenoxy) is 1. The molecule has 0 bridgehead atoms. The van der Waals surface area contributed by atoms with Crippen LogP contribution in [0, 0.1) is 16.2 Å². The lowest BCUT2D eigenvalue weighted by atomic mass is 9.52. The van der Waals surface area contributed by atoms with E-state index in [1.807, 2.05) is 20.8 Å². The molecule has 0 saturated carbocycles. The summed E-state index contributed by atoms with van der Waals surface area (Å²) in [5, 5.41) is 0. The molecular formula is C17H28O2. The van der Waals surface area contributed by atoms with Gasteiger partial charge in [-0.2, -0.15) is 0 Å². The first-order valence-corrected chi connectivity index (χ1v) is 7.26. The monoisotopic (exact) mass is 264 g/mol. The van der Waals surface area contributed by atoms with Gasteiger partial charge in [0.1, 0.15) is 0 Å². The minimum Gasteiger partial charge on any atom is -0.366 e. The Hall–Kier alpha value is -0.630. The van der Waals surface area contributed by atoms with Crippen LogP contribution in [-0.2, 0) is 9.53 Å². The van der Waals surface area contributed by atoms with Crippen LogP contribution in [0.2, 0.25) is 0 Å². The summed E-state index contributed by atoms with van der Waals surface area (Å²) >= 11 is 0. The Morgan fingerprint density at radius 1 is 1.21 bits per heavy atom. The third-order valence-corrected chi connectivity index (χ3v) is 4.99. The molecule has 2 heteroatoms. The van der Waals surface area contributed by atoms with Gasteiger partial charge in [0.15, 0.2) is 5.78 Å². The highest BCUT2D eigenvalue weighted by Crippen LogP contribution is 2.61. The number of hydrogen-bond acceptors (Lipinski definition) is 2. The van der Waals surface area contributed by atoms with Crippen molar-refractivity contribution < 1.29 is 9.53 Å². The number of Topliss-reactive ketones (excluding diaryl/α,β-unsaturated/α-hetero) is 1. The molecule has 0 aromatic rings. The number of rotatable bonds is 0. The summed E-state index contributed by atoms with van der Waals surface area (Å²) in [5.74, 6) is 0.261. The van der Waals surface area contributed by atoms with Gasteiger partial charge in [-0.05, 0) is 30.4 Å². The van der Waals surface area contributed by atoms with Crippen LogP contribution in [0.15, 0.2) is 11.6 Å². The van der Waals surface area contributed by atoms with Crippen LogP contribution in [0.4, 0.5) is 0 Å². The average molecular weight is 264 g/mol. The van der Waals surface area contributed by atoms with E-state index in [1.54, 1.807) is 0 Å². The Morgan fingerprint density at radius 3 is 2.11 bits per heavy atom. The summed E-state index contributed by atoms with van der Waals surface area (Å²) in [4.78, 5) is 12.2. The number of carbonyl (C=O) groups excluding carboxylic acids is 1. The summed E-state index contributed by atoms with van der Waals surface area (Å²) < 4.78 is 6.37. The first kappa shape index (κ1) is 14.8. The van der Waals surface area contributed by atoms with E-state index in [1.165, 1.54) is 0 Å². The molecule has 0 aromatic heterocycles. The second kappa shape index (κ2) is 3.72. The predicted molar refractivity (Wildman–Crippen MR) is 78.0 cm³/mol. The standard InChI is InChI=1S/C17H28O2/c1-11-9-17(10-15(5,6)12(11)18)16(7,8)13(19-17)14(2,3)4/h9,13H,10H2,1-8H3/t13-,17-/m0/s1. The molecule has 1 aliphatic carbocycles. The van der Waals surface area contributed by atoms with Crippen LogP contribution in [-0.4, -0.2) is 17.5 Å². The molecule has 0 radical (unpaired) electrons. The van der Waals surface area contributed by atoms with Crippen molar-refractivity contribution in [3.63, 3.8) is 0 Å². The molecule has 2 rings (SSSR count).